The molecule has 150 valence electrons. The first kappa shape index (κ1) is 24.1. The van der Waals surface area contributed by atoms with Crippen molar-refractivity contribution >= 4 is 35.5 Å². The Kier molecular flexibility index (Phi) is 11.6. The molecule has 0 saturated carbocycles. The number of nitrogens with two attached hydrogens (primary N) is 1. The second-order valence-electron chi connectivity index (χ2n) is 5.97. The first-order valence-electron chi connectivity index (χ1n) is 8.09. The second kappa shape index (κ2) is 12.5. The number of hydrogen-bond acceptors (Lipinski definition) is 7. The van der Waals surface area contributed by atoms with Crippen molar-refractivity contribution in [3.63, 3.8) is 0 Å². The maximum Gasteiger partial charge on any atom is 0.322 e. The summed E-state index contributed by atoms with van der Waals surface area (Å²) >= 11 is 1.45. The molecule has 3 amide bonds. The maximum absolute atomic E-state index is 12.3. The van der Waals surface area contributed by atoms with Gasteiger partial charge in [-0.2, -0.15) is 11.8 Å². The van der Waals surface area contributed by atoms with E-state index in [0.717, 1.165) is 0 Å². The summed E-state index contributed by atoms with van der Waals surface area (Å²) in [5.74, 6) is -2.83. The molecule has 3 unspecified atom stereocenters. The number of nitrogens with one attached hydrogen (secondary N) is 3. The van der Waals surface area contributed by atoms with Gasteiger partial charge in [0.1, 0.15) is 18.6 Å². The number of carbonyl (C=O) groups is 4. The van der Waals surface area contributed by atoms with E-state index < -0.39 is 55.0 Å². The quantitative estimate of drug-likeness (QED) is 0.219. The molecule has 0 aliphatic carbocycles. The van der Waals surface area contributed by atoms with Crippen LogP contribution in [0.1, 0.15) is 20.3 Å². The molecule has 11 heteroatoms. The lowest BCUT2D eigenvalue weighted by atomic mass is 10.0. The summed E-state index contributed by atoms with van der Waals surface area (Å²) in [5.41, 5.74) is 5.70. The summed E-state index contributed by atoms with van der Waals surface area (Å²) in [6, 6.07) is -3.10. The zero-order valence-electron chi connectivity index (χ0n) is 15.2. The first-order valence-corrected chi connectivity index (χ1v) is 9.49. The van der Waals surface area contributed by atoms with Crippen molar-refractivity contribution in [2.24, 2.45) is 11.7 Å². The third-order valence-corrected chi connectivity index (χ3v) is 4.14. The van der Waals surface area contributed by atoms with Crippen LogP contribution in [0.15, 0.2) is 0 Å². The molecule has 0 aromatic heterocycles. The number of carboxylic acid groups (broad SMARTS) is 1. The molecule has 0 aliphatic rings. The SMILES string of the molecule is CSCCC(NC(=O)C(CO)NC(=O)C(N)C(C)C)C(=O)NCC(=O)O. The van der Waals surface area contributed by atoms with Crippen molar-refractivity contribution < 1.29 is 29.4 Å². The Morgan fingerprint density at radius 3 is 2.08 bits per heavy atom. The van der Waals surface area contributed by atoms with Gasteiger partial charge in [0.05, 0.1) is 12.6 Å². The highest BCUT2D eigenvalue weighted by atomic mass is 32.2. The molecule has 0 heterocycles. The summed E-state index contributed by atoms with van der Waals surface area (Å²) in [6.45, 7) is 2.23. The maximum atomic E-state index is 12.3. The van der Waals surface area contributed by atoms with E-state index >= 15 is 0 Å². The van der Waals surface area contributed by atoms with Crippen LogP contribution in [0.4, 0.5) is 0 Å². The van der Waals surface area contributed by atoms with E-state index in [1.807, 2.05) is 6.26 Å². The van der Waals surface area contributed by atoms with E-state index in [0.29, 0.717) is 5.75 Å². The average Bonchev–Trinajstić information content (AvgIpc) is 2.59. The van der Waals surface area contributed by atoms with Gasteiger partial charge in [0, 0.05) is 0 Å². The fourth-order valence-electron chi connectivity index (χ4n) is 1.83. The predicted molar refractivity (Wildman–Crippen MR) is 97.4 cm³/mol. The fourth-order valence-corrected chi connectivity index (χ4v) is 2.30. The summed E-state index contributed by atoms with van der Waals surface area (Å²) in [4.78, 5) is 46.9. The van der Waals surface area contributed by atoms with Crippen molar-refractivity contribution in [1.29, 1.82) is 0 Å². The Morgan fingerprint density at radius 2 is 1.62 bits per heavy atom. The van der Waals surface area contributed by atoms with Crippen molar-refractivity contribution in [2.75, 3.05) is 25.2 Å². The molecule has 0 aromatic carbocycles. The number of hydrogen-bond donors (Lipinski definition) is 6. The molecule has 10 nitrogen and oxygen atoms in total. The minimum Gasteiger partial charge on any atom is -0.480 e. The number of aliphatic hydroxyl groups excluding tert-OH is 1. The average molecular weight is 392 g/mol. The topological polar surface area (TPSA) is 171 Å². The molecule has 7 N–H and O–H groups in total. The molecule has 0 fully saturated rings. The molecule has 26 heavy (non-hydrogen) atoms. The lowest BCUT2D eigenvalue weighted by Crippen LogP contribution is -2.57. The molecule has 0 bridgehead atoms. The first-order chi connectivity index (χ1) is 12.1. The second-order valence-corrected chi connectivity index (χ2v) is 6.95. The summed E-state index contributed by atoms with van der Waals surface area (Å²) in [6.07, 6.45) is 2.08. The Morgan fingerprint density at radius 1 is 1.04 bits per heavy atom. The van der Waals surface area contributed by atoms with Gasteiger partial charge in [-0.3, -0.25) is 19.2 Å². The Labute approximate surface area is 156 Å². The Balaban J connectivity index is 4.92. The van der Waals surface area contributed by atoms with Gasteiger partial charge >= 0.3 is 5.97 Å². The lowest BCUT2D eigenvalue weighted by Gasteiger charge is -2.23. The number of carboxylic acids is 1. The third kappa shape index (κ3) is 9.02. The van der Waals surface area contributed by atoms with Crippen molar-refractivity contribution in [2.45, 2.75) is 38.4 Å². The van der Waals surface area contributed by atoms with Crippen LogP contribution in [-0.4, -0.2) is 77.2 Å². The number of aliphatic carboxylic acids is 1. The van der Waals surface area contributed by atoms with Gasteiger partial charge in [-0.05, 0) is 24.3 Å². The molecule has 0 spiro atoms. The molecule has 0 radical (unpaired) electrons. The van der Waals surface area contributed by atoms with Gasteiger partial charge in [-0.25, -0.2) is 0 Å². The number of amides is 3. The minimum absolute atomic E-state index is 0.159. The van der Waals surface area contributed by atoms with E-state index in [-0.39, 0.29) is 12.3 Å². The summed E-state index contributed by atoms with van der Waals surface area (Å²) < 4.78 is 0. The van der Waals surface area contributed by atoms with Crippen molar-refractivity contribution in [1.82, 2.24) is 16.0 Å². The minimum atomic E-state index is -1.27. The molecular weight excluding hydrogens is 364 g/mol. The molecule has 3 atom stereocenters. The van der Waals surface area contributed by atoms with E-state index in [4.69, 9.17) is 10.8 Å². The van der Waals surface area contributed by atoms with Crippen LogP contribution in [0.3, 0.4) is 0 Å². The van der Waals surface area contributed by atoms with Gasteiger partial charge in [0.15, 0.2) is 0 Å². The number of thioether (sulfide) groups is 1. The normalized spacial score (nSPS) is 14.2. The van der Waals surface area contributed by atoms with E-state index in [9.17, 15) is 24.3 Å². The highest BCUT2D eigenvalue weighted by molar-refractivity contribution is 7.98. The van der Waals surface area contributed by atoms with E-state index in [1.54, 1.807) is 13.8 Å². The van der Waals surface area contributed by atoms with Crippen molar-refractivity contribution in [3.05, 3.63) is 0 Å². The van der Waals surface area contributed by atoms with Crippen LogP contribution in [0.2, 0.25) is 0 Å². The fraction of sp³-hybridized carbons (Fsp3) is 0.733. The van der Waals surface area contributed by atoms with E-state index in [2.05, 4.69) is 16.0 Å². The number of aliphatic hydroxyl groups is 1. The molecule has 0 rings (SSSR count). The smallest absolute Gasteiger partial charge is 0.322 e. The monoisotopic (exact) mass is 392 g/mol. The highest BCUT2D eigenvalue weighted by Crippen LogP contribution is 2.03. The molecule has 0 saturated heterocycles. The van der Waals surface area contributed by atoms with Gasteiger partial charge in [-0.1, -0.05) is 13.8 Å². The molecule has 0 aliphatic heterocycles. The number of carbonyl (C=O) groups excluding carboxylic acids is 3. The predicted octanol–water partition coefficient (Wildman–Crippen LogP) is -2.11. The Bertz CT molecular complexity index is 503. The Hall–Kier alpha value is -1.85. The van der Waals surface area contributed by atoms with Crippen LogP contribution in [0.25, 0.3) is 0 Å². The van der Waals surface area contributed by atoms with Gasteiger partial charge < -0.3 is 31.9 Å². The summed E-state index contributed by atoms with van der Waals surface area (Å²) in [7, 11) is 0. The third-order valence-electron chi connectivity index (χ3n) is 3.49. The van der Waals surface area contributed by atoms with Crippen LogP contribution in [0.5, 0.6) is 0 Å². The highest BCUT2D eigenvalue weighted by Gasteiger charge is 2.28. The van der Waals surface area contributed by atoms with Crippen molar-refractivity contribution in [3.8, 4) is 0 Å². The lowest BCUT2D eigenvalue weighted by molar-refractivity contribution is -0.138. The molecular formula is C15H28N4O6S. The van der Waals surface area contributed by atoms with Gasteiger partial charge in [0.2, 0.25) is 17.7 Å². The number of rotatable bonds is 12. The summed E-state index contributed by atoms with van der Waals surface area (Å²) in [5, 5.41) is 25.0. The van der Waals surface area contributed by atoms with Gasteiger partial charge in [-0.15, -0.1) is 0 Å². The standard InChI is InChI=1S/C15H28N4O6S/c1-8(2)12(16)15(25)19-10(7-20)14(24)18-9(4-5-26-3)13(23)17-6-11(21)22/h8-10,12,20H,4-7,16H2,1-3H3,(H,17,23)(H,18,24)(H,19,25)(H,21,22). The van der Waals surface area contributed by atoms with Crippen LogP contribution < -0.4 is 21.7 Å². The van der Waals surface area contributed by atoms with Gasteiger partial charge in [0.25, 0.3) is 0 Å². The van der Waals surface area contributed by atoms with Crippen LogP contribution in [0, 0.1) is 5.92 Å². The zero-order chi connectivity index (χ0) is 20.3. The molecule has 0 aromatic rings. The largest absolute Gasteiger partial charge is 0.480 e. The van der Waals surface area contributed by atoms with Crippen LogP contribution in [-0.2, 0) is 19.2 Å². The van der Waals surface area contributed by atoms with Crippen LogP contribution >= 0.6 is 11.8 Å². The van der Waals surface area contributed by atoms with E-state index in [1.165, 1.54) is 11.8 Å². The zero-order valence-corrected chi connectivity index (χ0v) is 16.0.